The van der Waals surface area contributed by atoms with Gasteiger partial charge < -0.3 is 10.0 Å². The highest BCUT2D eigenvalue weighted by molar-refractivity contribution is 8.00. The molecule has 0 aliphatic carbocycles. The summed E-state index contributed by atoms with van der Waals surface area (Å²) in [5.41, 5.74) is 1.04. The molecule has 21 heavy (non-hydrogen) atoms. The largest absolute Gasteiger partial charge is 0.395 e. The number of amides is 1. The van der Waals surface area contributed by atoms with E-state index in [1.807, 2.05) is 29.7 Å². The molecule has 2 heterocycles. The van der Waals surface area contributed by atoms with E-state index in [1.54, 1.807) is 0 Å². The summed E-state index contributed by atoms with van der Waals surface area (Å²) in [5, 5.41) is 9.74. The Morgan fingerprint density at radius 1 is 1.43 bits per heavy atom. The van der Waals surface area contributed by atoms with Crippen LogP contribution in [0.4, 0.5) is 0 Å². The van der Waals surface area contributed by atoms with Gasteiger partial charge in [0, 0.05) is 30.0 Å². The highest BCUT2D eigenvalue weighted by Gasteiger charge is 2.27. The first-order valence-electron chi connectivity index (χ1n) is 7.16. The van der Waals surface area contributed by atoms with E-state index in [2.05, 4.69) is 25.7 Å². The van der Waals surface area contributed by atoms with E-state index in [1.165, 1.54) is 11.3 Å². The second-order valence-corrected chi connectivity index (χ2v) is 8.30. The quantitative estimate of drug-likeness (QED) is 0.851. The van der Waals surface area contributed by atoms with Gasteiger partial charge in [0.1, 0.15) is 0 Å². The average molecular weight is 323 g/mol. The Bertz CT molecular complexity index is 561. The van der Waals surface area contributed by atoms with Crippen molar-refractivity contribution in [2.24, 2.45) is 0 Å². The third-order valence-electron chi connectivity index (χ3n) is 3.27. The summed E-state index contributed by atoms with van der Waals surface area (Å²) >= 11 is 3.40. The molecule has 0 spiro atoms. The summed E-state index contributed by atoms with van der Waals surface area (Å²) in [4.78, 5) is 16.3. The molecule has 1 aliphatic heterocycles. The molecule has 1 N–H and O–H groups in total. The predicted molar refractivity (Wildman–Crippen MR) is 90.1 cm³/mol. The van der Waals surface area contributed by atoms with E-state index in [-0.39, 0.29) is 12.5 Å². The lowest BCUT2D eigenvalue weighted by Crippen LogP contribution is -2.43. The number of aliphatic hydroxyl groups is 1. The van der Waals surface area contributed by atoms with E-state index >= 15 is 0 Å². The summed E-state index contributed by atoms with van der Waals surface area (Å²) in [6.07, 6.45) is 0.471. The van der Waals surface area contributed by atoms with Crippen LogP contribution in [-0.4, -0.2) is 46.1 Å². The number of rotatable bonds is 2. The molecule has 2 rings (SSSR count). The van der Waals surface area contributed by atoms with Crippen LogP contribution >= 0.6 is 23.1 Å². The normalized spacial score (nSPS) is 21.8. The Kier molecular flexibility index (Phi) is 5.74. The summed E-state index contributed by atoms with van der Waals surface area (Å²) < 4.78 is 0. The van der Waals surface area contributed by atoms with Crippen molar-refractivity contribution < 1.29 is 9.90 Å². The molecule has 0 radical (unpaired) electrons. The molecule has 1 fully saturated rings. The Hall–Kier alpha value is -0.960. The fourth-order valence-electron chi connectivity index (χ4n) is 2.41. The lowest BCUT2D eigenvalue weighted by Gasteiger charge is -2.34. The average Bonchev–Trinajstić information content (AvgIpc) is 2.79. The molecule has 1 aromatic rings. The SMILES string of the molecule is Cc1cc(C(=O)N2CC(C)SC(C)C2)sc1C#CCCO. The van der Waals surface area contributed by atoms with Gasteiger partial charge in [-0.2, -0.15) is 11.8 Å². The van der Waals surface area contributed by atoms with E-state index in [0.717, 1.165) is 28.4 Å². The van der Waals surface area contributed by atoms with Gasteiger partial charge in [-0.1, -0.05) is 25.7 Å². The molecule has 2 unspecified atom stereocenters. The van der Waals surface area contributed by atoms with E-state index in [9.17, 15) is 4.79 Å². The number of carbonyl (C=O) groups excluding carboxylic acids is 1. The standard InChI is InChI=1S/C16H21NO2S2/c1-11-8-15(21-14(11)6-4-5-7-18)16(19)17-9-12(2)20-13(3)10-17/h8,12-13,18H,5,7,9-10H2,1-3H3. The van der Waals surface area contributed by atoms with Crippen LogP contribution in [0.15, 0.2) is 6.07 Å². The van der Waals surface area contributed by atoms with Crippen molar-refractivity contribution in [2.75, 3.05) is 19.7 Å². The molecule has 1 saturated heterocycles. The molecule has 0 bridgehead atoms. The zero-order valence-corrected chi connectivity index (χ0v) is 14.3. The Balaban J connectivity index is 2.13. The number of hydrogen-bond donors (Lipinski definition) is 1. The van der Waals surface area contributed by atoms with Gasteiger partial charge in [0.2, 0.25) is 0 Å². The van der Waals surface area contributed by atoms with Crippen molar-refractivity contribution >= 4 is 29.0 Å². The molecule has 2 atom stereocenters. The van der Waals surface area contributed by atoms with Crippen molar-refractivity contribution in [1.82, 2.24) is 4.90 Å². The van der Waals surface area contributed by atoms with E-state index in [0.29, 0.717) is 16.9 Å². The Morgan fingerprint density at radius 2 is 2.10 bits per heavy atom. The van der Waals surface area contributed by atoms with Gasteiger partial charge in [0.15, 0.2) is 0 Å². The summed E-state index contributed by atoms with van der Waals surface area (Å²) in [6, 6.07) is 1.94. The van der Waals surface area contributed by atoms with Gasteiger partial charge >= 0.3 is 0 Å². The van der Waals surface area contributed by atoms with Crippen LogP contribution in [0, 0.1) is 18.8 Å². The van der Waals surface area contributed by atoms with Gasteiger partial charge in [-0.05, 0) is 18.6 Å². The van der Waals surface area contributed by atoms with Crippen LogP contribution in [0.25, 0.3) is 0 Å². The number of aryl methyl sites for hydroxylation is 1. The highest BCUT2D eigenvalue weighted by atomic mass is 32.2. The van der Waals surface area contributed by atoms with Crippen molar-refractivity contribution in [3.8, 4) is 11.8 Å². The number of nitrogens with zero attached hydrogens (tertiary/aromatic N) is 1. The molecule has 1 aliphatic rings. The molecule has 3 nitrogen and oxygen atoms in total. The first-order chi connectivity index (χ1) is 10.0. The van der Waals surface area contributed by atoms with Gasteiger partial charge in [-0.25, -0.2) is 0 Å². The van der Waals surface area contributed by atoms with Gasteiger partial charge in [0.25, 0.3) is 5.91 Å². The lowest BCUT2D eigenvalue weighted by molar-refractivity contribution is 0.0758. The second kappa shape index (κ2) is 7.35. The minimum absolute atomic E-state index is 0.0738. The topological polar surface area (TPSA) is 40.5 Å². The zero-order valence-electron chi connectivity index (χ0n) is 12.7. The predicted octanol–water partition coefficient (Wildman–Crippen LogP) is 2.76. The van der Waals surface area contributed by atoms with Crippen LogP contribution in [-0.2, 0) is 0 Å². The fraction of sp³-hybridized carbons (Fsp3) is 0.562. The first kappa shape index (κ1) is 16.4. The number of hydrogen-bond acceptors (Lipinski definition) is 4. The molecule has 1 aromatic heterocycles. The third kappa shape index (κ3) is 4.26. The van der Waals surface area contributed by atoms with Crippen LogP contribution in [0.2, 0.25) is 0 Å². The molecular formula is C16H21NO2S2. The van der Waals surface area contributed by atoms with Gasteiger partial charge in [-0.3, -0.25) is 4.79 Å². The summed E-state index contributed by atoms with van der Waals surface area (Å²) in [6.45, 7) is 8.03. The van der Waals surface area contributed by atoms with Crippen LogP contribution < -0.4 is 0 Å². The first-order valence-corrected chi connectivity index (χ1v) is 8.92. The minimum Gasteiger partial charge on any atom is -0.395 e. The highest BCUT2D eigenvalue weighted by Crippen LogP contribution is 2.28. The van der Waals surface area contributed by atoms with Crippen molar-refractivity contribution in [3.63, 3.8) is 0 Å². The molecule has 0 aromatic carbocycles. The van der Waals surface area contributed by atoms with E-state index < -0.39 is 0 Å². The Labute approximate surface area is 134 Å². The molecule has 0 saturated carbocycles. The number of carbonyl (C=O) groups is 1. The molecular weight excluding hydrogens is 302 g/mol. The van der Waals surface area contributed by atoms with Crippen molar-refractivity contribution in [3.05, 3.63) is 21.4 Å². The summed E-state index contributed by atoms with van der Waals surface area (Å²) in [5.74, 6) is 6.09. The lowest BCUT2D eigenvalue weighted by atomic mass is 10.2. The molecule has 114 valence electrons. The summed E-state index contributed by atoms with van der Waals surface area (Å²) in [7, 11) is 0. The molecule has 1 amide bonds. The smallest absolute Gasteiger partial charge is 0.264 e. The zero-order chi connectivity index (χ0) is 15.4. The number of aliphatic hydroxyl groups excluding tert-OH is 1. The number of thiophene rings is 1. The minimum atomic E-state index is 0.0738. The van der Waals surface area contributed by atoms with Gasteiger partial charge in [0.05, 0.1) is 16.4 Å². The number of thioether (sulfide) groups is 1. The maximum Gasteiger partial charge on any atom is 0.264 e. The second-order valence-electron chi connectivity index (χ2n) is 5.37. The third-order valence-corrected chi connectivity index (χ3v) is 5.64. The van der Waals surface area contributed by atoms with Gasteiger partial charge in [-0.15, -0.1) is 11.3 Å². The maximum absolute atomic E-state index is 12.6. The van der Waals surface area contributed by atoms with Crippen LogP contribution in [0.3, 0.4) is 0 Å². The fourth-order valence-corrected chi connectivity index (χ4v) is 4.75. The molecule has 5 heteroatoms. The Morgan fingerprint density at radius 3 is 2.71 bits per heavy atom. The monoisotopic (exact) mass is 323 g/mol. The maximum atomic E-state index is 12.6. The van der Waals surface area contributed by atoms with Crippen LogP contribution in [0.1, 0.15) is 40.4 Å². The van der Waals surface area contributed by atoms with E-state index in [4.69, 9.17) is 5.11 Å². The van der Waals surface area contributed by atoms with Crippen molar-refractivity contribution in [2.45, 2.75) is 37.7 Å². The van der Waals surface area contributed by atoms with Crippen LogP contribution in [0.5, 0.6) is 0 Å². The van der Waals surface area contributed by atoms with Crippen molar-refractivity contribution in [1.29, 1.82) is 0 Å².